The Kier molecular flexibility index (Phi) is 3.85. The molecule has 1 aliphatic heterocycles. The van der Waals surface area contributed by atoms with Gasteiger partial charge in [-0.25, -0.2) is 0 Å². The van der Waals surface area contributed by atoms with Crippen LogP contribution < -0.4 is 5.32 Å². The number of nitrogens with one attached hydrogen (secondary N) is 1. The Morgan fingerprint density at radius 3 is 2.82 bits per heavy atom. The summed E-state index contributed by atoms with van der Waals surface area (Å²) in [7, 11) is 0. The van der Waals surface area contributed by atoms with E-state index in [4.69, 9.17) is 11.6 Å². The summed E-state index contributed by atoms with van der Waals surface area (Å²) in [6.45, 7) is 2.94. The lowest BCUT2D eigenvalue weighted by atomic mass is 9.84. The van der Waals surface area contributed by atoms with Gasteiger partial charge in [0.1, 0.15) is 0 Å². The lowest BCUT2D eigenvalue weighted by molar-refractivity contribution is -0.125. The minimum atomic E-state index is -0.364. The third-order valence-electron chi connectivity index (χ3n) is 3.54. The van der Waals surface area contributed by atoms with Gasteiger partial charge in [0.2, 0.25) is 0 Å². The summed E-state index contributed by atoms with van der Waals surface area (Å²) < 4.78 is 0. The highest BCUT2D eigenvalue weighted by atomic mass is 35.5. The number of carbonyl (C=O) groups is 1. The molecule has 1 N–H and O–H groups in total. The molecule has 0 aromatic heterocycles. The van der Waals surface area contributed by atoms with Crippen molar-refractivity contribution in [2.24, 2.45) is 0 Å². The fourth-order valence-electron chi connectivity index (χ4n) is 2.30. The molecule has 92 valence electrons. The van der Waals surface area contributed by atoms with Crippen molar-refractivity contribution in [2.45, 2.75) is 38.1 Å². The highest BCUT2D eigenvalue weighted by Crippen LogP contribution is 2.23. The van der Waals surface area contributed by atoms with Crippen LogP contribution in [-0.4, -0.2) is 17.9 Å². The molecule has 0 amide bonds. The van der Waals surface area contributed by atoms with Crippen molar-refractivity contribution in [3.8, 4) is 0 Å². The van der Waals surface area contributed by atoms with Crippen LogP contribution in [-0.2, 0) is 11.2 Å². The summed E-state index contributed by atoms with van der Waals surface area (Å²) in [6, 6.07) is 7.56. The van der Waals surface area contributed by atoms with E-state index in [0.29, 0.717) is 11.4 Å². The molecule has 1 aliphatic rings. The van der Waals surface area contributed by atoms with Crippen molar-refractivity contribution in [3.05, 3.63) is 34.9 Å². The molecule has 1 saturated heterocycles. The van der Waals surface area contributed by atoms with Crippen molar-refractivity contribution < 1.29 is 4.79 Å². The zero-order valence-corrected chi connectivity index (χ0v) is 10.9. The van der Waals surface area contributed by atoms with E-state index in [1.807, 2.05) is 31.2 Å². The first-order valence-electron chi connectivity index (χ1n) is 6.13. The van der Waals surface area contributed by atoms with Crippen LogP contribution in [0.5, 0.6) is 0 Å². The number of halogens is 1. The maximum Gasteiger partial charge on any atom is 0.156 e. The summed E-state index contributed by atoms with van der Waals surface area (Å²) in [5.41, 5.74) is 0.560. The van der Waals surface area contributed by atoms with E-state index in [9.17, 15) is 4.79 Å². The Morgan fingerprint density at radius 1 is 1.41 bits per heavy atom. The minimum Gasteiger partial charge on any atom is -0.305 e. The first kappa shape index (κ1) is 12.6. The van der Waals surface area contributed by atoms with Gasteiger partial charge in [0.25, 0.3) is 0 Å². The molecule has 2 nitrogen and oxygen atoms in total. The summed E-state index contributed by atoms with van der Waals surface area (Å²) in [5, 5.41) is 4.02. The number of hydrogen-bond donors (Lipinski definition) is 1. The number of piperidine rings is 1. The summed E-state index contributed by atoms with van der Waals surface area (Å²) in [5.74, 6) is 0.241. The van der Waals surface area contributed by atoms with Crippen LogP contribution in [0.15, 0.2) is 24.3 Å². The predicted octanol–water partition coefficient (Wildman–Crippen LogP) is 2.98. The zero-order chi connectivity index (χ0) is 12.3. The molecule has 1 atom stereocenters. The first-order chi connectivity index (χ1) is 8.12. The van der Waals surface area contributed by atoms with Crippen molar-refractivity contribution in [1.82, 2.24) is 5.32 Å². The van der Waals surface area contributed by atoms with Gasteiger partial charge in [-0.3, -0.25) is 4.79 Å². The molecule has 0 radical (unpaired) electrons. The zero-order valence-electron chi connectivity index (χ0n) is 10.1. The summed E-state index contributed by atoms with van der Waals surface area (Å²) >= 11 is 6.08. The average Bonchev–Trinajstić information content (AvgIpc) is 2.33. The van der Waals surface area contributed by atoms with Crippen LogP contribution in [0.3, 0.4) is 0 Å². The molecule has 1 heterocycles. The van der Waals surface area contributed by atoms with Crippen LogP contribution in [0.2, 0.25) is 5.02 Å². The summed E-state index contributed by atoms with van der Waals surface area (Å²) in [4.78, 5) is 12.3. The van der Waals surface area contributed by atoms with Crippen LogP contribution in [0.4, 0.5) is 0 Å². The molecule has 1 aromatic rings. The molecule has 0 bridgehead atoms. The fraction of sp³-hybridized carbons (Fsp3) is 0.500. The Balaban J connectivity index is 2.08. The monoisotopic (exact) mass is 251 g/mol. The first-order valence-corrected chi connectivity index (χ1v) is 6.51. The molecule has 0 aliphatic carbocycles. The van der Waals surface area contributed by atoms with E-state index >= 15 is 0 Å². The van der Waals surface area contributed by atoms with Gasteiger partial charge < -0.3 is 5.32 Å². The third-order valence-corrected chi connectivity index (χ3v) is 3.91. The molecular weight excluding hydrogens is 234 g/mol. The summed E-state index contributed by atoms with van der Waals surface area (Å²) in [6.07, 6.45) is 3.63. The molecule has 3 heteroatoms. The van der Waals surface area contributed by atoms with E-state index in [1.54, 1.807) is 0 Å². The quantitative estimate of drug-likeness (QED) is 0.895. The molecule has 1 aromatic carbocycles. The van der Waals surface area contributed by atoms with Gasteiger partial charge in [0.05, 0.1) is 5.54 Å². The molecule has 2 rings (SSSR count). The van der Waals surface area contributed by atoms with Crippen LogP contribution >= 0.6 is 11.6 Å². The highest BCUT2D eigenvalue weighted by Gasteiger charge is 2.33. The Hall–Kier alpha value is -0.860. The predicted molar refractivity (Wildman–Crippen MR) is 70.4 cm³/mol. The SMILES string of the molecule is CC1(C(=O)Cc2ccccc2Cl)CCCCN1. The van der Waals surface area contributed by atoms with E-state index in [-0.39, 0.29) is 11.3 Å². The van der Waals surface area contributed by atoms with Crippen LogP contribution in [0, 0.1) is 0 Å². The molecule has 0 spiro atoms. The topological polar surface area (TPSA) is 29.1 Å². The number of rotatable bonds is 3. The van der Waals surface area contributed by atoms with Crippen LogP contribution in [0.25, 0.3) is 0 Å². The lowest BCUT2D eigenvalue weighted by Gasteiger charge is -2.33. The maximum absolute atomic E-state index is 12.3. The normalized spacial score (nSPS) is 24.6. The maximum atomic E-state index is 12.3. The van der Waals surface area contributed by atoms with Crippen molar-refractivity contribution in [1.29, 1.82) is 0 Å². The van der Waals surface area contributed by atoms with Gasteiger partial charge in [-0.1, -0.05) is 29.8 Å². The number of Topliss-reactive ketones (excluding diaryl/α,β-unsaturated/α-hetero) is 1. The molecular formula is C14H18ClNO. The van der Waals surface area contributed by atoms with Gasteiger partial charge in [0.15, 0.2) is 5.78 Å². The van der Waals surface area contributed by atoms with Gasteiger partial charge in [0, 0.05) is 11.4 Å². The van der Waals surface area contributed by atoms with E-state index < -0.39 is 0 Å². The van der Waals surface area contributed by atoms with Gasteiger partial charge in [-0.05, 0) is 44.4 Å². The van der Waals surface area contributed by atoms with Crippen molar-refractivity contribution in [3.63, 3.8) is 0 Å². The number of carbonyl (C=O) groups excluding carboxylic acids is 1. The Morgan fingerprint density at radius 2 is 2.18 bits per heavy atom. The second-order valence-electron chi connectivity index (χ2n) is 4.91. The lowest BCUT2D eigenvalue weighted by Crippen LogP contribution is -2.52. The van der Waals surface area contributed by atoms with E-state index in [0.717, 1.165) is 31.4 Å². The Bertz CT molecular complexity index is 410. The largest absolute Gasteiger partial charge is 0.305 e. The molecule has 1 fully saturated rings. The smallest absolute Gasteiger partial charge is 0.156 e. The van der Waals surface area contributed by atoms with E-state index in [1.165, 1.54) is 0 Å². The van der Waals surface area contributed by atoms with Crippen LogP contribution in [0.1, 0.15) is 31.7 Å². The third kappa shape index (κ3) is 2.88. The molecule has 1 unspecified atom stereocenters. The van der Waals surface area contributed by atoms with E-state index in [2.05, 4.69) is 5.32 Å². The minimum absolute atomic E-state index is 0.241. The fourth-order valence-corrected chi connectivity index (χ4v) is 2.51. The number of benzene rings is 1. The van der Waals surface area contributed by atoms with Gasteiger partial charge in [-0.15, -0.1) is 0 Å². The second-order valence-corrected chi connectivity index (χ2v) is 5.31. The standard InChI is InChI=1S/C14H18ClNO/c1-14(8-4-5-9-16-14)13(17)10-11-6-2-3-7-12(11)15/h2-3,6-7,16H,4-5,8-10H2,1H3. The average molecular weight is 252 g/mol. The molecule has 0 saturated carbocycles. The second kappa shape index (κ2) is 5.19. The van der Waals surface area contributed by atoms with Gasteiger partial charge >= 0.3 is 0 Å². The highest BCUT2D eigenvalue weighted by molar-refractivity contribution is 6.31. The number of ketones is 1. The number of hydrogen-bond acceptors (Lipinski definition) is 2. The Labute approximate surface area is 107 Å². The van der Waals surface area contributed by atoms with Gasteiger partial charge in [-0.2, -0.15) is 0 Å². The van der Waals surface area contributed by atoms with Crippen molar-refractivity contribution in [2.75, 3.05) is 6.54 Å². The molecule has 17 heavy (non-hydrogen) atoms. The van der Waals surface area contributed by atoms with Crippen molar-refractivity contribution >= 4 is 17.4 Å².